The van der Waals surface area contributed by atoms with Gasteiger partial charge in [0.25, 0.3) is 0 Å². The number of fused-ring (bicyclic) bond motifs is 5. The van der Waals surface area contributed by atoms with Crippen molar-refractivity contribution in [2.75, 3.05) is 0 Å². The predicted molar refractivity (Wildman–Crippen MR) is 127 cm³/mol. The third kappa shape index (κ3) is 2.69. The summed E-state index contributed by atoms with van der Waals surface area (Å²) >= 11 is 0. The lowest BCUT2D eigenvalue weighted by molar-refractivity contribution is 0.754. The minimum absolute atomic E-state index is 0.304. The summed E-state index contributed by atoms with van der Waals surface area (Å²) < 4.78 is 0. The van der Waals surface area contributed by atoms with Crippen molar-refractivity contribution < 1.29 is 0 Å². The Morgan fingerprint density at radius 3 is 1.17 bits per heavy atom. The molecular formula is C30H22. The van der Waals surface area contributed by atoms with E-state index in [4.69, 9.17) is 0 Å². The van der Waals surface area contributed by atoms with Crippen molar-refractivity contribution in [1.29, 1.82) is 0 Å². The first-order valence-corrected chi connectivity index (χ1v) is 10.6. The molecule has 0 bridgehead atoms. The Kier molecular flexibility index (Phi) is 4.02. The third-order valence-electron chi connectivity index (χ3n) is 6.50. The summed E-state index contributed by atoms with van der Waals surface area (Å²) in [6.45, 7) is 0. The highest BCUT2D eigenvalue weighted by Crippen LogP contribution is 2.57. The second kappa shape index (κ2) is 7.00. The molecule has 0 heteroatoms. The molecule has 0 fully saturated rings. The van der Waals surface area contributed by atoms with Crippen LogP contribution in [-0.2, 0) is 0 Å². The average molecular weight is 383 g/mol. The molecule has 0 unspecified atom stereocenters. The standard InChI is InChI=1S/C30H22/c1-3-11-21(12-4-1)27-19-23-15-7-10-18-26(23)30-28(22-13-5-2-6-14-22)20-24-16-8-9-17-25(24)29(27)30/h1-20,29-30H/t29-,30-/m1/s1. The summed E-state index contributed by atoms with van der Waals surface area (Å²) in [5.41, 5.74) is 11.0. The smallest absolute Gasteiger partial charge is 0.0211 e. The van der Waals surface area contributed by atoms with E-state index in [1.807, 2.05) is 0 Å². The molecule has 4 aromatic rings. The summed E-state index contributed by atoms with van der Waals surface area (Å²) in [6, 6.07) is 39.6. The highest BCUT2D eigenvalue weighted by Gasteiger charge is 2.39. The molecule has 0 radical (unpaired) electrons. The summed E-state index contributed by atoms with van der Waals surface area (Å²) in [7, 11) is 0. The number of allylic oxidation sites excluding steroid dienone is 2. The summed E-state index contributed by atoms with van der Waals surface area (Å²) in [5, 5.41) is 0. The van der Waals surface area contributed by atoms with Crippen molar-refractivity contribution in [2.45, 2.75) is 11.8 Å². The fraction of sp³-hybridized carbons (Fsp3) is 0.0667. The van der Waals surface area contributed by atoms with Gasteiger partial charge in [-0.15, -0.1) is 0 Å². The molecule has 2 aliphatic carbocycles. The van der Waals surface area contributed by atoms with Crippen molar-refractivity contribution in [3.63, 3.8) is 0 Å². The highest BCUT2D eigenvalue weighted by atomic mass is 14.4. The van der Waals surface area contributed by atoms with Gasteiger partial charge in [0.05, 0.1) is 0 Å². The van der Waals surface area contributed by atoms with Crippen molar-refractivity contribution in [1.82, 2.24) is 0 Å². The maximum Gasteiger partial charge on any atom is 0.0211 e. The van der Waals surface area contributed by atoms with Gasteiger partial charge in [-0.05, 0) is 44.5 Å². The zero-order valence-corrected chi connectivity index (χ0v) is 16.7. The lowest BCUT2D eigenvalue weighted by Crippen LogP contribution is -2.22. The zero-order chi connectivity index (χ0) is 19.9. The molecule has 0 saturated heterocycles. The Morgan fingerprint density at radius 2 is 0.733 bits per heavy atom. The van der Waals surface area contributed by atoms with E-state index in [9.17, 15) is 0 Å². The second-order valence-corrected chi connectivity index (χ2v) is 8.14. The van der Waals surface area contributed by atoms with Crippen LogP contribution in [0.25, 0.3) is 23.3 Å². The normalized spacial score (nSPS) is 19.1. The van der Waals surface area contributed by atoms with Gasteiger partial charge in [0.15, 0.2) is 0 Å². The van der Waals surface area contributed by atoms with Crippen LogP contribution in [0.3, 0.4) is 0 Å². The average Bonchev–Trinajstić information content (AvgIpc) is 2.84. The molecular weight excluding hydrogens is 360 g/mol. The van der Waals surface area contributed by atoms with Gasteiger partial charge in [-0.1, -0.05) is 121 Å². The quantitative estimate of drug-likeness (QED) is 0.334. The first-order chi connectivity index (χ1) is 14.9. The van der Waals surface area contributed by atoms with E-state index in [-0.39, 0.29) is 0 Å². The molecule has 0 nitrogen and oxygen atoms in total. The first kappa shape index (κ1) is 17.2. The molecule has 0 heterocycles. The van der Waals surface area contributed by atoms with E-state index < -0.39 is 0 Å². The number of hydrogen-bond acceptors (Lipinski definition) is 0. The van der Waals surface area contributed by atoms with Gasteiger partial charge in [-0.3, -0.25) is 0 Å². The zero-order valence-electron chi connectivity index (χ0n) is 16.7. The minimum atomic E-state index is 0.304. The summed E-state index contributed by atoms with van der Waals surface area (Å²) in [4.78, 5) is 0. The lowest BCUT2D eigenvalue weighted by Gasteiger charge is -2.40. The Balaban J connectivity index is 1.67. The van der Waals surface area contributed by atoms with Gasteiger partial charge in [0.1, 0.15) is 0 Å². The second-order valence-electron chi connectivity index (χ2n) is 8.14. The number of hydrogen-bond donors (Lipinski definition) is 0. The molecule has 6 rings (SSSR count). The Labute approximate surface area is 177 Å². The van der Waals surface area contributed by atoms with E-state index in [1.165, 1.54) is 44.5 Å². The maximum atomic E-state index is 2.41. The van der Waals surface area contributed by atoms with Crippen LogP contribution in [0.15, 0.2) is 109 Å². The molecule has 142 valence electrons. The van der Waals surface area contributed by atoms with Crippen LogP contribution in [0.4, 0.5) is 0 Å². The number of rotatable bonds is 2. The van der Waals surface area contributed by atoms with Crippen LogP contribution in [0.1, 0.15) is 45.2 Å². The van der Waals surface area contributed by atoms with Gasteiger partial charge >= 0.3 is 0 Å². The van der Waals surface area contributed by atoms with Gasteiger partial charge in [0, 0.05) is 11.8 Å². The van der Waals surface area contributed by atoms with Gasteiger partial charge in [-0.2, -0.15) is 0 Å². The van der Waals surface area contributed by atoms with Crippen LogP contribution in [0.2, 0.25) is 0 Å². The fourth-order valence-corrected chi connectivity index (χ4v) is 5.21. The van der Waals surface area contributed by atoms with Crippen LogP contribution in [0, 0.1) is 0 Å². The van der Waals surface area contributed by atoms with Crippen molar-refractivity contribution in [3.05, 3.63) is 143 Å². The lowest BCUT2D eigenvalue weighted by atomic mass is 9.63. The van der Waals surface area contributed by atoms with Crippen LogP contribution in [-0.4, -0.2) is 0 Å². The summed E-state index contributed by atoms with van der Waals surface area (Å²) in [5.74, 6) is 0.609. The van der Waals surface area contributed by atoms with Crippen LogP contribution < -0.4 is 0 Å². The molecule has 0 N–H and O–H groups in total. The van der Waals surface area contributed by atoms with E-state index >= 15 is 0 Å². The molecule has 0 aromatic heterocycles. The minimum Gasteiger partial charge on any atom is -0.0622 e. The van der Waals surface area contributed by atoms with Crippen molar-refractivity contribution in [2.24, 2.45) is 0 Å². The molecule has 0 saturated carbocycles. The molecule has 2 atom stereocenters. The SMILES string of the molecule is C1=C(c2ccccc2)[C@H]2c3ccccc3C=C(c3ccccc3)[C@H]2c2ccccc21. The third-order valence-corrected chi connectivity index (χ3v) is 6.50. The topological polar surface area (TPSA) is 0 Å². The summed E-state index contributed by atoms with van der Waals surface area (Å²) in [6.07, 6.45) is 4.83. The van der Waals surface area contributed by atoms with Crippen LogP contribution in [0.5, 0.6) is 0 Å². The van der Waals surface area contributed by atoms with Gasteiger partial charge < -0.3 is 0 Å². The fourth-order valence-electron chi connectivity index (χ4n) is 5.21. The Bertz CT molecular complexity index is 1170. The Hall–Kier alpha value is -3.64. The Morgan fingerprint density at radius 1 is 0.367 bits per heavy atom. The first-order valence-electron chi connectivity index (χ1n) is 10.6. The van der Waals surface area contributed by atoms with E-state index in [2.05, 4.69) is 121 Å². The van der Waals surface area contributed by atoms with E-state index in [0.29, 0.717) is 11.8 Å². The highest BCUT2D eigenvalue weighted by molar-refractivity contribution is 5.99. The molecule has 0 amide bonds. The van der Waals surface area contributed by atoms with Crippen molar-refractivity contribution >= 4 is 23.3 Å². The van der Waals surface area contributed by atoms with Gasteiger partial charge in [0.2, 0.25) is 0 Å². The molecule has 0 aliphatic heterocycles. The van der Waals surface area contributed by atoms with E-state index in [0.717, 1.165) is 0 Å². The van der Waals surface area contributed by atoms with E-state index in [1.54, 1.807) is 0 Å². The maximum absolute atomic E-state index is 2.41. The number of benzene rings is 4. The largest absolute Gasteiger partial charge is 0.0622 e. The molecule has 30 heavy (non-hydrogen) atoms. The van der Waals surface area contributed by atoms with Gasteiger partial charge in [-0.25, -0.2) is 0 Å². The molecule has 2 aliphatic rings. The molecule has 4 aromatic carbocycles. The monoisotopic (exact) mass is 382 g/mol. The van der Waals surface area contributed by atoms with Crippen molar-refractivity contribution in [3.8, 4) is 0 Å². The molecule has 0 spiro atoms. The van der Waals surface area contributed by atoms with Crippen LogP contribution >= 0.6 is 0 Å². The predicted octanol–water partition coefficient (Wildman–Crippen LogP) is 7.66.